The van der Waals surface area contributed by atoms with Crippen LogP contribution in [-0.2, 0) is 10.2 Å². The fraction of sp³-hybridized carbons (Fsp3) is 0.214. The number of benzene rings is 3. The fourth-order valence-corrected chi connectivity index (χ4v) is 3.52. The van der Waals surface area contributed by atoms with E-state index < -0.39 is 12.0 Å². The number of nitrogens with one attached hydrogen (secondary N) is 3. The minimum Gasteiger partial charge on any atom is -0.394 e. The van der Waals surface area contributed by atoms with Crippen molar-refractivity contribution in [2.75, 3.05) is 17.2 Å². The summed E-state index contributed by atoms with van der Waals surface area (Å²) in [5.41, 5.74) is 10.4. The van der Waals surface area contributed by atoms with Crippen LogP contribution in [0.5, 0.6) is 0 Å². The van der Waals surface area contributed by atoms with Crippen molar-refractivity contribution in [3.8, 4) is 0 Å². The van der Waals surface area contributed by atoms with Gasteiger partial charge in [-0.15, -0.1) is 0 Å². The number of para-hydroxylation sites is 2. The first-order valence-electron chi connectivity index (χ1n) is 11.2. The Morgan fingerprint density at radius 3 is 2.24 bits per heavy atom. The molecule has 0 saturated carbocycles. The van der Waals surface area contributed by atoms with Crippen LogP contribution in [0.4, 0.5) is 11.4 Å². The van der Waals surface area contributed by atoms with Gasteiger partial charge in [-0.3, -0.25) is 4.79 Å². The summed E-state index contributed by atoms with van der Waals surface area (Å²) in [7, 11) is 0. The zero-order valence-electron chi connectivity index (χ0n) is 19.8. The molecular weight excluding hydrogens is 424 g/mol. The van der Waals surface area contributed by atoms with Gasteiger partial charge in [0.05, 0.1) is 0 Å². The molecule has 176 valence electrons. The molecule has 0 saturated heterocycles. The highest BCUT2D eigenvalue weighted by molar-refractivity contribution is 6.06. The van der Waals surface area contributed by atoms with Crippen LogP contribution in [0.2, 0.25) is 0 Å². The van der Waals surface area contributed by atoms with E-state index in [2.05, 4.69) is 31.4 Å². The Labute approximate surface area is 201 Å². The lowest BCUT2D eigenvalue weighted by Crippen LogP contribution is -2.24. The molecule has 6 N–H and O–H groups in total. The van der Waals surface area contributed by atoms with Gasteiger partial charge < -0.3 is 26.9 Å². The third kappa shape index (κ3) is 6.11. The Bertz CT molecular complexity index is 1160. The van der Waals surface area contributed by atoms with E-state index in [9.17, 15) is 9.90 Å². The number of carbonyl (C=O) groups is 1. The van der Waals surface area contributed by atoms with Crippen LogP contribution >= 0.6 is 0 Å². The second kappa shape index (κ2) is 10.8. The summed E-state index contributed by atoms with van der Waals surface area (Å²) in [5, 5.41) is 24.8. The van der Waals surface area contributed by atoms with Crippen LogP contribution < -0.4 is 16.4 Å². The monoisotopic (exact) mass is 456 g/mol. The summed E-state index contributed by atoms with van der Waals surface area (Å²) in [5.74, 6) is -0.473. The van der Waals surface area contributed by atoms with Gasteiger partial charge in [0.1, 0.15) is 11.8 Å². The molecule has 6 nitrogen and oxygen atoms in total. The first kappa shape index (κ1) is 24.7. The molecule has 0 bridgehead atoms. The first-order valence-corrected chi connectivity index (χ1v) is 11.2. The molecule has 0 spiro atoms. The Balaban J connectivity index is 1.76. The van der Waals surface area contributed by atoms with Crippen molar-refractivity contribution < 1.29 is 9.90 Å². The van der Waals surface area contributed by atoms with E-state index in [0.717, 1.165) is 11.8 Å². The van der Waals surface area contributed by atoms with Crippen LogP contribution in [0.25, 0.3) is 0 Å². The normalized spacial score (nSPS) is 12.9. The van der Waals surface area contributed by atoms with Crippen LogP contribution in [-0.4, -0.2) is 23.8 Å². The number of anilines is 2. The molecule has 0 heterocycles. The number of amides is 1. The van der Waals surface area contributed by atoms with Crippen molar-refractivity contribution in [2.45, 2.75) is 32.3 Å². The summed E-state index contributed by atoms with van der Waals surface area (Å²) < 4.78 is 0. The second-order valence-corrected chi connectivity index (χ2v) is 9.12. The molecule has 3 rings (SSSR count). The molecule has 3 aromatic carbocycles. The molecule has 1 unspecified atom stereocenters. The molecule has 0 aliphatic carbocycles. The minimum absolute atomic E-state index is 0.0329. The van der Waals surface area contributed by atoms with Crippen molar-refractivity contribution >= 4 is 23.5 Å². The third-order valence-electron chi connectivity index (χ3n) is 5.61. The predicted molar refractivity (Wildman–Crippen MR) is 139 cm³/mol. The van der Waals surface area contributed by atoms with Gasteiger partial charge in [0, 0.05) is 35.3 Å². The molecule has 34 heavy (non-hydrogen) atoms. The van der Waals surface area contributed by atoms with E-state index in [4.69, 9.17) is 11.1 Å². The van der Waals surface area contributed by atoms with Gasteiger partial charge in [0.15, 0.2) is 0 Å². The van der Waals surface area contributed by atoms with Gasteiger partial charge in [-0.25, -0.2) is 0 Å². The first-order chi connectivity index (χ1) is 16.2. The summed E-state index contributed by atoms with van der Waals surface area (Å²) in [6.45, 7) is 6.61. The predicted octanol–water partition coefficient (Wildman–Crippen LogP) is 4.98. The van der Waals surface area contributed by atoms with Crippen LogP contribution in [0.3, 0.4) is 0 Å². The lowest BCUT2D eigenvalue weighted by atomic mass is 9.86. The van der Waals surface area contributed by atoms with Gasteiger partial charge in [-0.2, -0.15) is 0 Å². The molecular formula is C28H32N4O2. The van der Waals surface area contributed by atoms with Crippen molar-refractivity contribution in [3.63, 3.8) is 0 Å². The molecule has 0 aliphatic heterocycles. The maximum atomic E-state index is 12.5. The number of hydrogen-bond donors (Lipinski definition) is 5. The Morgan fingerprint density at radius 2 is 1.62 bits per heavy atom. The topological polar surface area (TPSA) is 111 Å². The minimum atomic E-state index is -0.830. The number of nitrogens with two attached hydrogens (primary N) is 1. The maximum absolute atomic E-state index is 12.5. The molecule has 0 radical (unpaired) electrons. The van der Waals surface area contributed by atoms with Gasteiger partial charge in [0.25, 0.3) is 5.91 Å². The highest BCUT2D eigenvalue weighted by Crippen LogP contribution is 2.30. The molecule has 0 aliphatic rings. The maximum Gasteiger partial charge on any atom is 0.271 e. The largest absolute Gasteiger partial charge is 0.394 e. The standard InChI is InChI=1S/C28H32N4O2/c1-28(2,3)21-15-13-19(14-16-21)26(33)23-11-7-8-12-24(23)31-18-20(17-29)25(30)27(34)32-22-9-5-4-6-10-22/h4-17,26,29,31,33H,18,30H2,1-3H3,(H,32,34)/b25-20+,29-17?. The lowest BCUT2D eigenvalue weighted by Gasteiger charge is -2.21. The van der Waals surface area contributed by atoms with Crippen molar-refractivity contribution in [1.29, 1.82) is 5.41 Å². The summed E-state index contributed by atoms with van der Waals surface area (Å²) >= 11 is 0. The number of aliphatic hydroxyl groups is 1. The quantitative estimate of drug-likeness (QED) is 0.243. The van der Waals surface area contributed by atoms with Crippen LogP contribution in [0, 0.1) is 5.41 Å². The van der Waals surface area contributed by atoms with Gasteiger partial charge in [0.2, 0.25) is 0 Å². The van der Waals surface area contributed by atoms with E-state index in [0.29, 0.717) is 22.5 Å². The van der Waals surface area contributed by atoms with Crippen molar-refractivity contribution in [1.82, 2.24) is 0 Å². The summed E-state index contributed by atoms with van der Waals surface area (Å²) in [4.78, 5) is 12.5. The number of carbonyl (C=O) groups excluding carboxylic acids is 1. The lowest BCUT2D eigenvalue weighted by molar-refractivity contribution is -0.112. The van der Waals surface area contributed by atoms with Crippen molar-refractivity contribution in [2.24, 2.45) is 5.73 Å². The van der Waals surface area contributed by atoms with Crippen molar-refractivity contribution in [3.05, 3.63) is 107 Å². The third-order valence-corrected chi connectivity index (χ3v) is 5.61. The Kier molecular flexibility index (Phi) is 7.87. The van der Waals surface area contributed by atoms with Gasteiger partial charge in [-0.1, -0.05) is 81.4 Å². The summed E-state index contributed by atoms with van der Waals surface area (Å²) in [6.07, 6.45) is 0.237. The average molecular weight is 457 g/mol. The molecule has 6 heteroatoms. The SMILES string of the molecule is CC(C)(C)c1ccc(C(O)c2ccccc2NC/C(C=N)=C(/N)C(=O)Nc2ccccc2)cc1. The van der Waals surface area contributed by atoms with Gasteiger partial charge in [-0.05, 0) is 34.7 Å². The van der Waals surface area contributed by atoms with Crippen LogP contribution in [0.1, 0.15) is 43.6 Å². The highest BCUT2D eigenvalue weighted by Gasteiger charge is 2.18. The van der Waals surface area contributed by atoms with E-state index >= 15 is 0 Å². The van der Waals surface area contributed by atoms with Gasteiger partial charge >= 0.3 is 0 Å². The zero-order valence-corrected chi connectivity index (χ0v) is 19.8. The zero-order chi connectivity index (χ0) is 24.7. The number of rotatable bonds is 8. The Hall–Kier alpha value is -3.90. The molecule has 3 aromatic rings. The highest BCUT2D eigenvalue weighted by atomic mass is 16.3. The smallest absolute Gasteiger partial charge is 0.271 e. The van der Waals surface area contributed by atoms with E-state index in [1.807, 2.05) is 66.7 Å². The molecule has 0 aromatic heterocycles. The Morgan fingerprint density at radius 1 is 1.00 bits per heavy atom. The number of hydrogen-bond acceptors (Lipinski definition) is 5. The number of aliphatic hydroxyl groups excluding tert-OH is 1. The molecule has 0 fully saturated rings. The van der Waals surface area contributed by atoms with E-state index in [1.165, 1.54) is 5.56 Å². The molecule has 1 atom stereocenters. The fourth-order valence-electron chi connectivity index (χ4n) is 3.52. The molecule has 1 amide bonds. The average Bonchev–Trinajstić information content (AvgIpc) is 2.84. The van der Waals surface area contributed by atoms with E-state index in [1.54, 1.807) is 12.1 Å². The van der Waals surface area contributed by atoms with E-state index in [-0.39, 0.29) is 17.7 Å². The summed E-state index contributed by atoms with van der Waals surface area (Å²) in [6, 6.07) is 24.4. The van der Waals surface area contributed by atoms with Crippen LogP contribution in [0.15, 0.2) is 90.1 Å². The second-order valence-electron chi connectivity index (χ2n) is 9.12.